The Morgan fingerprint density at radius 1 is 1.62 bits per heavy atom. The van der Waals surface area contributed by atoms with E-state index in [1.54, 1.807) is 13.8 Å². The SMILES string of the molecule is Cc1nc(C)[n+]([O-])[nH]1. The van der Waals surface area contributed by atoms with E-state index >= 15 is 0 Å². The maximum absolute atomic E-state index is 10.4. The standard InChI is InChI=1S/C4H7N3O/c1-3-5-4(2)7(8)6-3/h1-2H3,(H,5,6). The lowest BCUT2D eigenvalue weighted by Crippen LogP contribution is -2.30. The number of aryl methyl sites for hydroxylation is 2. The number of aromatic amines is 1. The molecule has 1 aromatic rings. The molecule has 0 radical (unpaired) electrons. The Labute approximate surface area is 46.7 Å². The fourth-order valence-corrected chi connectivity index (χ4v) is 0.541. The van der Waals surface area contributed by atoms with Crippen molar-refractivity contribution in [3.8, 4) is 0 Å². The summed E-state index contributed by atoms with van der Waals surface area (Å²) in [6.07, 6.45) is 0. The van der Waals surface area contributed by atoms with E-state index in [0.29, 0.717) is 16.5 Å². The molecule has 1 rings (SSSR count). The smallest absolute Gasteiger partial charge is 0.319 e. The van der Waals surface area contributed by atoms with Gasteiger partial charge in [-0.1, -0.05) is 0 Å². The lowest BCUT2D eigenvalue weighted by molar-refractivity contribution is -0.672. The second-order valence-electron chi connectivity index (χ2n) is 1.65. The fraction of sp³-hybridized carbons (Fsp3) is 0.500. The van der Waals surface area contributed by atoms with Gasteiger partial charge in [-0.15, -0.1) is 0 Å². The molecule has 0 unspecified atom stereocenters. The van der Waals surface area contributed by atoms with Crippen LogP contribution in [0.15, 0.2) is 0 Å². The summed E-state index contributed by atoms with van der Waals surface area (Å²) in [4.78, 5) is 4.44. The number of nitrogens with zero attached hydrogens (tertiary/aromatic N) is 2. The highest BCUT2D eigenvalue weighted by molar-refractivity contribution is 4.76. The van der Waals surface area contributed by atoms with Crippen LogP contribution in [0.3, 0.4) is 0 Å². The lowest BCUT2D eigenvalue weighted by Gasteiger charge is -1.90. The van der Waals surface area contributed by atoms with Crippen LogP contribution in [0, 0.1) is 19.1 Å². The Morgan fingerprint density at radius 2 is 2.25 bits per heavy atom. The monoisotopic (exact) mass is 113 g/mol. The fourth-order valence-electron chi connectivity index (χ4n) is 0.541. The Balaban J connectivity index is 3.14. The minimum atomic E-state index is 0.461. The Morgan fingerprint density at radius 3 is 2.38 bits per heavy atom. The van der Waals surface area contributed by atoms with E-state index in [0.717, 1.165) is 0 Å². The van der Waals surface area contributed by atoms with Gasteiger partial charge in [-0.2, -0.15) is 9.94 Å². The number of rotatable bonds is 0. The third-order valence-electron chi connectivity index (χ3n) is 0.887. The van der Waals surface area contributed by atoms with Crippen molar-refractivity contribution in [2.24, 2.45) is 0 Å². The molecule has 44 valence electrons. The molecule has 4 heteroatoms. The third kappa shape index (κ3) is 0.641. The van der Waals surface area contributed by atoms with E-state index in [9.17, 15) is 5.21 Å². The highest BCUT2D eigenvalue weighted by Crippen LogP contribution is 1.81. The summed E-state index contributed by atoms with van der Waals surface area (Å²) in [5.41, 5.74) is 0. The van der Waals surface area contributed by atoms with Gasteiger partial charge < -0.3 is 5.21 Å². The van der Waals surface area contributed by atoms with Crippen molar-refractivity contribution in [2.75, 3.05) is 0 Å². The van der Waals surface area contributed by atoms with Crippen molar-refractivity contribution in [1.29, 1.82) is 0 Å². The molecule has 1 heterocycles. The average molecular weight is 113 g/mol. The van der Waals surface area contributed by atoms with Gasteiger partial charge in [-0.3, -0.25) is 0 Å². The largest absolute Gasteiger partial charge is 0.692 e. The molecule has 0 aliphatic heterocycles. The Hall–Kier alpha value is -1.06. The molecule has 0 spiro atoms. The first-order valence-corrected chi connectivity index (χ1v) is 2.33. The molecule has 0 aromatic carbocycles. The highest BCUT2D eigenvalue weighted by Gasteiger charge is 2.02. The predicted octanol–water partition coefficient (Wildman–Crippen LogP) is -0.340. The Bertz CT molecular complexity index is 174. The highest BCUT2D eigenvalue weighted by atomic mass is 16.5. The van der Waals surface area contributed by atoms with Crippen molar-refractivity contribution in [3.05, 3.63) is 16.9 Å². The zero-order valence-corrected chi connectivity index (χ0v) is 4.80. The van der Waals surface area contributed by atoms with E-state index in [4.69, 9.17) is 0 Å². The van der Waals surface area contributed by atoms with Gasteiger partial charge >= 0.3 is 5.82 Å². The molecule has 0 saturated heterocycles. The molecule has 1 aromatic heterocycles. The number of nitrogens with one attached hydrogen (secondary N) is 1. The minimum absolute atomic E-state index is 0.461. The van der Waals surface area contributed by atoms with Crippen LogP contribution in [-0.4, -0.2) is 10.1 Å². The van der Waals surface area contributed by atoms with E-state index in [-0.39, 0.29) is 0 Å². The van der Waals surface area contributed by atoms with E-state index in [1.807, 2.05) is 0 Å². The summed E-state index contributed by atoms with van der Waals surface area (Å²) >= 11 is 0. The van der Waals surface area contributed by atoms with Crippen LogP contribution in [-0.2, 0) is 0 Å². The molecule has 0 aliphatic rings. The van der Waals surface area contributed by atoms with E-state index < -0.39 is 0 Å². The van der Waals surface area contributed by atoms with Crippen molar-refractivity contribution in [1.82, 2.24) is 10.1 Å². The van der Waals surface area contributed by atoms with Gasteiger partial charge in [-0.25, -0.2) is 0 Å². The molecular weight excluding hydrogens is 106 g/mol. The molecule has 0 aliphatic carbocycles. The van der Waals surface area contributed by atoms with Crippen molar-refractivity contribution < 1.29 is 4.85 Å². The van der Waals surface area contributed by atoms with Gasteiger partial charge in [0, 0.05) is 13.8 Å². The van der Waals surface area contributed by atoms with Crippen molar-refractivity contribution in [3.63, 3.8) is 0 Å². The van der Waals surface area contributed by atoms with Gasteiger partial charge in [0.15, 0.2) is 0 Å². The van der Waals surface area contributed by atoms with Gasteiger partial charge in [0.1, 0.15) is 0 Å². The quantitative estimate of drug-likeness (QED) is 0.369. The first-order valence-electron chi connectivity index (χ1n) is 2.33. The molecule has 0 bridgehead atoms. The summed E-state index contributed by atoms with van der Waals surface area (Å²) in [5.74, 6) is 1.11. The summed E-state index contributed by atoms with van der Waals surface area (Å²) in [5, 5.41) is 12.9. The van der Waals surface area contributed by atoms with Crippen LogP contribution < -0.4 is 4.85 Å². The minimum Gasteiger partial charge on any atom is -0.692 e. The number of hydrogen-bond acceptors (Lipinski definition) is 2. The van der Waals surface area contributed by atoms with Crippen LogP contribution in [0.2, 0.25) is 0 Å². The summed E-state index contributed by atoms with van der Waals surface area (Å²) in [6.45, 7) is 3.39. The predicted molar refractivity (Wildman–Crippen MR) is 27.0 cm³/mol. The number of H-pyrrole nitrogens is 1. The first kappa shape index (κ1) is 5.08. The summed E-state index contributed by atoms with van der Waals surface area (Å²) in [7, 11) is 0. The Kier molecular flexibility index (Phi) is 0.932. The van der Waals surface area contributed by atoms with Gasteiger partial charge in [0.2, 0.25) is 5.82 Å². The second-order valence-corrected chi connectivity index (χ2v) is 1.65. The molecule has 8 heavy (non-hydrogen) atoms. The molecule has 0 fully saturated rings. The van der Waals surface area contributed by atoms with Gasteiger partial charge in [0.05, 0.1) is 0 Å². The normalized spacial score (nSPS) is 9.75. The van der Waals surface area contributed by atoms with Crippen LogP contribution in [0.25, 0.3) is 0 Å². The third-order valence-corrected chi connectivity index (χ3v) is 0.887. The zero-order chi connectivity index (χ0) is 6.15. The van der Waals surface area contributed by atoms with Gasteiger partial charge in [0.25, 0.3) is 0 Å². The zero-order valence-electron chi connectivity index (χ0n) is 4.80. The lowest BCUT2D eigenvalue weighted by atomic mass is 10.7. The maximum atomic E-state index is 10.4. The van der Waals surface area contributed by atoms with E-state index in [1.165, 1.54) is 0 Å². The molecule has 4 nitrogen and oxygen atoms in total. The first-order chi connectivity index (χ1) is 3.70. The number of hydrogen-bond donors (Lipinski definition) is 1. The molecule has 0 amide bonds. The topological polar surface area (TPSA) is 55.6 Å². The number of aromatic nitrogens is 3. The second kappa shape index (κ2) is 1.47. The summed E-state index contributed by atoms with van der Waals surface area (Å²) in [6, 6.07) is 0. The van der Waals surface area contributed by atoms with Gasteiger partial charge in [-0.05, 0) is 4.98 Å². The van der Waals surface area contributed by atoms with Crippen LogP contribution in [0.4, 0.5) is 0 Å². The summed E-state index contributed by atoms with van der Waals surface area (Å²) < 4.78 is 0. The average Bonchev–Trinajstić information content (AvgIpc) is 1.85. The van der Waals surface area contributed by atoms with Crippen molar-refractivity contribution >= 4 is 0 Å². The maximum Gasteiger partial charge on any atom is 0.319 e. The van der Waals surface area contributed by atoms with Crippen LogP contribution in [0.5, 0.6) is 0 Å². The van der Waals surface area contributed by atoms with Crippen LogP contribution >= 0.6 is 0 Å². The molecule has 0 saturated carbocycles. The molecule has 1 N–H and O–H groups in total. The van der Waals surface area contributed by atoms with Crippen LogP contribution in [0.1, 0.15) is 11.6 Å². The molecule has 0 atom stereocenters. The molecular formula is C4H7N3O. The van der Waals surface area contributed by atoms with Crippen molar-refractivity contribution in [2.45, 2.75) is 13.8 Å². The van der Waals surface area contributed by atoms with E-state index in [2.05, 4.69) is 10.1 Å².